The van der Waals surface area contributed by atoms with Crippen molar-refractivity contribution in [2.75, 3.05) is 7.05 Å². The third-order valence-corrected chi connectivity index (χ3v) is 0.148. The summed E-state index contributed by atoms with van der Waals surface area (Å²) in [5, 5.41) is 16.1. The van der Waals surface area contributed by atoms with Crippen LogP contribution >= 0.6 is 0 Å². The average molecular weight is 92.1 g/mol. The van der Waals surface area contributed by atoms with Crippen LogP contribution in [-0.4, -0.2) is 12.3 Å². The summed E-state index contributed by atoms with van der Waals surface area (Å²) in [6.07, 6.45) is 0. The van der Waals surface area contributed by atoms with Gasteiger partial charge in [-0.3, -0.25) is 0 Å². The van der Waals surface area contributed by atoms with Gasteiger partial charge in [0.2, 0.25) is 0 Å². The Bertz CT molecular complexity index is 44.1. The zero-order valence-electron chi connectivity index (χ0n) is 3.16. The number of rotatable bonds is 2. The fourth-order valence-corrected chi connectivity index (χ4v) is 0.0482. The Morgan fingerprint density at radius 3 is 2.50 bits per heavy atom. The molecule has 0 amide bonds. The fraction of sp³-hybridized carbons (Fsp3) is 1.00. The van der Waals surface area contributed by atoms with Crippen LogP contribution in [0.4, 0.5) is 0 Å². The van der Waals surface area contributed by atoms with E-state index < -0.39 is 0 Å². The van der Waals surface area contributed by atoms with Crippen molar-refractivity contribution in [3.63, 3.8) is 0 Å². The first-order valence-electron chi connectivity index (χ1n) is 1.18. The van der Waals surface area contributed by atoms with Crippen LogP contribution in [0.1, 0.15) is 0 Å². The van der Waals surface area contributed by atoms with Gasteiger partial charge >= 0.3 is 0 Å². The maximum Gasteiger partial charge on any atom is 0.0630 e. The molecule has 0 bridgehead atoms. The van der Waals surface area contributed by atoms with E-state index in [-0.39, 0.29) is 0 Å². The van der Waals surface area contributed by atoms with Crippen molar-refractivity contribution < 1.29 is 15.3 Å². The van der Waals surface area contributed by atoms with Gasteiger partial charge in [-0.25, -0.2) is 5.26 Å². The largest absolute Gasteiger partial charge is 0.209 e. The highest BCUT2D eigenvalue weighted by atomic mass is 17.5. The Morgan fingerprint density at radius 2 is 2.33 bits per heavy atom. The van der Waals surface area contributed by atoms with Crippen LogP contribution in [0.5, 0.6) is 0 Å². The van der Waals surface area contributed by atoms with Gasteiger partial charge in [0.05, 0.1) is 12.3 Å². The fourth-order valence-electron chi connectivity index (χ4n) is 0.0482. The van der Waals surface area contributed by atoms with Crippen molar-refractivity contribution in [3.8, 4) is 0 Å². The van der Waals surface area contributed by atoms with Crippen molar-refractivity contribution >= 4 is 0 Å². The van der Waals surface area contributed by atoms with Crippen molar-refractivity contribution in [1.29, 1.82) is 0 Å². The van der Waals surface area contributed by atoms with E-state index in [2.05, 4.69) is 20.4 Å². The van der Waals surface area contributed by atoms with Crippen LogP contribution < -0.4 is 0 Å². The Hall–Kier alpha value is -0.680. The molecule has 1 N–H and O–H groups in total. The van der Waals surface area contributed by atoms with Crippen LogP contribution in [0.15, 0.2) is 10.4 Å². The third kappa shape index (κ3) is 3.32. The molecule has 0 aromatic carbocycles. The second-order valence-corrected chi connectivity index (χ2v) is 0.431. The Morgan fingerprint density at radius 1 is 1.67 bits per heavy atom. The monoisotopic (exact) mass is 92.0 g/mol. The van der Waals surface area contributed by atoms with Gasteiger partial charge in [0, 0.05) is 5.04 Å². The lowest BCUT2D eigenvalue weighted by Crippen LogP contribution is -1.74. The second kappa shape index (κ2) is 4.32. The molecule has 0 radical (unpaired) electrons. The summed E-state index contributed by atoms with van der Waals surface area (Å²) in [4.78, 5) is 3.50. The molecular weight excluding hydrogens is 88.0 g/mol. The van der Waals surface area contributed by atoms with E-state index >= 15 is 0 Å². The third-order valence-electron chi connectivity index (χ3n) is 0.148. The van der Waals surface area contributed by atoms with Crippen molar-refractivity contribution in [3.05, 3.63) is 0 Å². The van der Waals surface area contributed by atoms with Crippen LogP contribution in [0, 0.1) is 0 Å². The van der Waals surface area contributed by atoms with Gasteiger partial charge in [0.1, 0.15) is 0 Å². The molecule has 0 saturated carbocycles. The molecule has 6 heavy (non-hydrogen) atoms. The normalized spacial score (nSPS) is 9.67. The summed E-state index contributed by atoms with van der Waals surface area (Å²) >= 11 is 0. The van der Waals surface area contributed by atoms with Gasteiger partial charge in [0.15, 0.2) is 0 Å². The molecule has 0 fully saturated rings. The molecule has 0 saturated heterocycles. The van der Waals surface area contributed by atoms with Gasteiger partial charge in [-0.2, -0.15) is 10.1 Å². The second-order valence-electron chi connectivity index (χ2n) is 0.431. The first-order valence-corrected chi connectivity index (χ1v) is 1.18. The standard InChI is InChI=1S/CH4N2O3/c1-2-3-5-6-4/h4H,1H3. The van der Waals surface area contributed by atoms with Gasteiger partial charge in [-0.1, -0.05) is 0 Å². The predicted octanol–water partition coefficient (Wildman–Crippen LogP) is 0.405. The maximum atomic E-state index is 7.32. The highest BCUT2D eigenvalue weighted by Crippen LogP contribution is 1.71. The molecule has 0 spiro atoms. The lowest BCUT2D eigenvalue weighted by molar-refractivity contribution is -0.495. The first kappa shape index (κ1) is 5.32. The summed E-state index contributed by atoms with van der Waals surface area (Å²) in [6.45, 7) is 0. The summed E-state index contributed by atoms with van der Waals surface area (Å²) in [7, 11) is 1.37. The van der Waals surface area contributed by atoms with Crippen LogP contribution in [0.25, 0.3) is 0 Å². The summed E-state index contributed by atoms with van der Waals surface area (Å²) in [5.41, 5.74) is 0. The SMILES string of the molecule is CN=NOOO. The van der Waals surface area contributed by atoms with E-state index in [0.29, 0.717) is 0 Å². The van der Waals surface area contributed by atoms with E-state index in [1.807, 2.05) is 0 Å². The smallest absolute Gasteiger partial charge is 0.0630 e. The summed E-state index contributed by atoms with van der Waals surface area (Å²) < 4.78 is 0. The topological polar surface area (TPSA) is 63.4 Å². The lowest BCUT2D eigenvalue weighted by atomic mass is 11.6. The minimum atomic E-state index is 1.37. The molecular formula is CH4N2O3. The van der Waals surface area contributed by atoms with E-state index in [1.165, 1.54) is 7.05 Å². The molecule has 0 aliphatic rings. The van der Waals surface area contributed by atoms with Crippen LogP contribution in [-0.2, 0) is 10.0 Å². The highest BCUT2D eigenvalue weighted by molar-refractivity contribution is 3.85. The van der Waals surface area contributed by atoms with Crippen molar-refractivity contribution in [1.82, 2.24) is 0 Å². The van der Waals surface area contributed by atoms with E-state index in [9.17, 15) is 0 Å². The van der Waals surface area contributed by atoms with Crippen LogP contribution in [0.3, 0.4) is 0 Å². The zero-order chi connectivity index (χ0) is 4.83. The molecule has 0 rings (SSSR count). The van der Waals surface area contributed by atoms with Crippen molar-refractivity contribution in [2.24, 2.45) is 10.4 Å². The first-order chi connectivity index (χ1) is 2.91. The lowest BCUT2D eigenvalue weighted by Gasteiger charge is -1.77. The summed E-state index contributed by atoms with van der Waals surface area (Å²) in [5.74, 6) is 0. The molecule has 0 aromatic rings. The molecule has 0 atom stereocenters. The predicted molar refractivity (Wildman–Crippen MR) is 15.6 cm³/mol. The van der Waals surface area contributed by atoms with E-state index in [4.69, 9.17) is 5.26 Å². The molecule has 5 heteroatoms. The number of nitrogens with zero attached hydrogens (tertiary/aromatic N) is 2. The summed E-state index contributed by atoms with van der Waals surface area (Å²) in [6, 6.07) is 0. The number of hydrogen-bond donors (Lipinski definition) is 1. The maximum absolute atomic E-state index is 7.32. The highest BCUT2D eigenvalue weighted by Gasteiger charge is 1.64. The average Bonchev–Trinajstić information content (AvgIpc) is 1.61. The van der Waals surface area contributed by atoms with Gasteiger partial charge in [-0.05, 0) is 0 Å². The van der Waals surface area contributed by atoms with E-state index in [0.717, 1.165) is 0 Å². The Kier molecular flexibility index (Phi) is 3.83. The molecule has 0 unspecified atom stereocenters. The molecule has 0 aliphatic carbocycles. The van der Waals surface area contributed by atoms with Crippen LogP contribution in [0.2, 0.25) is 0 Å². The Labute approximate surface area is 34.0 Å². The van der Waals surface area contributed by atoms with Gasteiger partial charge < -0.3 is 0 Å². The quantitative estimate of drug-likeness (QED) is 0.304. The molecule has 36 valence electrons. The van der Waals surface area contributed by atoms with Crippen molar-refractivity contribution in [2.45, 2.75) is 0 Å². The molecule has 0 heterocycles. The van der Waals surface area contributed by atoms with Gasteiger partial charge in [-0.15, -0.1) is 0 Å². The number of hydrogen-bond acceptors (Lipinski definition) is 5. The Balaban J connectivity index is 2.66. The van der Waals surface area contributed by atoms with E-state index in [1.54, 1.807) is 0 Å². The van der Waals surface area contributed by atoms with Gasteiger partial charge in [0.25, 0.3) is 0 Å². The molecule has 5 nitrogen and oxygen atoms in total. The minimum Gasteiger partial charge on any atom is -0.209 e. The molecule has 0 aromatic heterocycles. The minimum absolute atomic E-state index is 1.37. The zero-order valence-corrected chi connectivity index (χ0v) is 3.16. The molecule has 0 aliphatic heterocycles.